The van der Waals surface area contributed by atoms with Crippen molar-refractivity contribution >= 4 is 13.7 Å². The lowest BCUT2D eigenvalue weighted by molar-refractivity contribution is -0.870. The molecular formula is C71H121N2O6P. The highest BCUT2D eigenvalue weighted by Crippen LogP contribution is 2.38. The molecule has 80 heavy (non-hydrogen) atoms. The lowest BCUT2D eigenvalue weighted by atomic mass is 10.0. The molecular weight excluding hydrogens is 1010 g/mol. The number of carbonyl (C=O) groups excluding carboxylic acids is 1. The number of aliphatic hydroxyl groups is 1. The molecule has 0 aromatic heterocycles. The second kappa shape index (κ2) is 60.0. The van der Waals surface area contributed by atoms with Gasteiger partial charge in [0.05, 0.1) is 39.9 Å². The molecule has 0 aliphatic heterocycles. The molecule has 8 nitrogen and oxygen atoms in total. The van der Waals surface area contributed by atoms with E-state index in [9.17, 15) is 19.4 Å². The van der Waals surface area contributed by atoms with Gasteiger partial charge in [-0.05, 0) is 116 Å². The number of carbonyl (C=O) groups is 1. The predicted octanol–water partition coefficient (Wildman–Crippen LogP) is 19.8. The number of aliphatic hydroxyl groups excluding tert-OH is 1. The number of hydrogen-bond donors (Lipinski definition) is 2. The summed E-state index contributed by atoms with van der Waals surface area (Å²) in [7, 11) is 1.22. The summed E-state index contributed by atoms with van der Waals surface area (Å²) in [6.45, 7) is 4.49. The minimum atomic E-state index is -4.62. The van der Waals surface area contributed by atoms with Crippen molar-refractivity contribution in [2.75, 3.05) is 40.9 Å². The van der Waals surface area contributed by atoms with Crippen LogP contribution >= 0.6 is 7.82 Å². The third kappa shape index (κ3) is 62.0. The van der Waals surface area contributed by atoms with Crippen molar-refractivity contribution in [2.45, 2.75) is 257 Å². The number of phosphoric acid groups is 1. The molecule has 0 aliphatic carbocycles. The van der Waals surface area contributed by atoms with Crippen LogP contribution in [0.5, 0.6) is 0 Å². The number of amides is 1. The fourth-order valence-electron chi connectivity index (χ4n) is 8.53. The quantitative estimate of drug-likeness (QED) is 0.0272. The fourth-order valence-corrected chi connectivity index (χ4v) is 9.25. The van der Waals surface area contributed by atoms with Gasteiger partial charge in [0.2, 0.25) is 5.91 Å². The Morgan fingerprint density at radius 2 is 0.775 bits per heavy atom. The van der Waals surface area contributed by atoms with Crippen LogP contribution in [0.15, 0.2) is 146 Å². The number of hydrogen-bond acceptors (Lipinski definition) is 6. The molecule has 2 N–H and O–H groups in total. The molecule has 0 fully saturated rings. The monoisotopic (exact) mass is 1130 g/mol. The number of rotatable bonds is 57. The number of likely N-dealkylation sites (N-methyl/N-ethyl adjacent to an activating group) is 1. The minimum Gasteiger partial charge on any atom is -0.756 e. The Kier molecular flexibility index (Phi) is 57.3. The van der Waals surface area contributed by atoms with Crippen molar-refractivity contribution in [3.63, 3.8) is 0 Å². The summed E-state index contributed by atoms with van der Waals surface area (Å²) in [6, 6.07) is -0.922. The third-order valence-electron chi connectivity index (χ3n) is 13.5. The average Bonchev–Trinajstić information content (AvgIpc) is 3.42. The molecule has 0 bridgehead atoms. The zero-order valence-corrected chi connectivity index (χ0v) is 52.9. The summed E-state index contributed by atoms with van der Waals surface area (Å²) in [4.78, 5) is 25.5. The van der Waals surface area contributed by atoms with Crippen molar-refractivity contribution in [1.82, 2.24) is 5.32 Å². The number of nitrogens with zero attached hydrogens (tertiary/aromatic N) is 1. The van der Waals surface area contributed by atoms with Crippen LogP contribution in [0.1, 0.15) is 245 Å². The second-order valence-electron chi connectivity index (χ2n) is 22.4. The van der Waals surface area contributed by atoms with E-state index in [-0.39, 0.29) is 12.5 Å². The summed E-state index contributed by atoms with van der Waals surface area (Å²) in [5.74, 6) is -0.220. The molecule has 0 radical (unpaired) electrons. The van der Waals surface area contributed by atoms with Crippen molar-refractivity contribution < 1.29 is 32.9 Å². The van der Waals surface area contributed by atoms with E-state index in [0.717, 1.165) is 109 Å². The van der Waals surface area contributed by atoms with Gasteiger partial charge in [-0.2, -0.15) is 0 Å². The highest BCUT2D eigenvalue weighted by atomic mass is 31.2. The highest BCUT2D eigenvalue weighted by Gasteiger charge is 2.23. The molecule has 0 heterocycles. The second-order valence-corrected chi connectivity index (χ2v) is 23.8. The lowest BCUT2D eigenvalue weighted by Crippen LogP contribution is -2.45. The van der Waals surface area contributed by atoms with Crippen molar-refractivity contribution in [3.05, 3.63) is 146 Å². The first kappa shape index (κ1) is 76.4. The molecule has 0 saturated heterocycles. The van der Waals surface area contributed by atoms with Crippen molar-refractivity contribution in [1.29, 1.82) is 0 Å². The third-order valence-corrected chi connectivity index (χ3v) is 14.5. The first-order valence-electron chi connectivity index (χ1n) is 32.2. The van der Waals surface area contributed by atoms with Gasteiger partial charge in [0, 0.05) is 6.42 Å². The number of phosphoric ester groups is 1. The molecule has 0 aromatic rings. The van der Waals surface area contributed by atoms with Crippen LogP contribution in [0.25, 0.3) is 0 Å². The van der Waals surface area contributed by atoms with E-state index in [0.29, 0.717) is 17.4 Å². The normalized spacial score (nSPS) is 14.7. The molecule has 0 spiro atoms. The maximum absolute atomic E-state index is 13.0. The molecule has 0 rings (SSSR count). The number of unbranched alkanes of at least 4 members (excludes halogenated alkanes) is 22. The Morgan fingerprint density at radius 3 is 1.16 bits per heavy atom. The number of nitrogens with one attached hydrogen (secondary N) is 1. The SMILES string of the molecule is CC/C=C\C/C=C\C/C=C\C/C=C\C/C=C\C/C=C\C/C=C\C/C=C\C/C=C\CCCCCCCCCCCCCC(=O)NC(COP(=O)([O-])OCC[N+](C)(C)C)C(O)/C=C/CC/C=C/CC/C=C/CCCCCCCCCCC. The zero-order valence-electron chi connectivity index (χ0n) is 52.0. The standard InChI is InChI=1S/C71H121N2O6P/c1-6-8-10-12-14-16-18-20-22-24-26-27-28-29-30-31-32-33-34-35-36-37-38-39-40-41-42-43-44-45-47-49-51-53-55-57-59-61-63-65-71(75)72-69(68-79-80(76,77)78-67-66-73(3,4)5)70(74)64-62-60-58-56-54-52-50-48-46-25-23-21-19-17-15-13-11-9-7-2/h8,10,14,16,20,22,26-27,29-30,32-33,35-36,38-39,41-42,46,48,54,56,62,64,69-70,74H,6-7,9,11-13,15,17-19,21,23-25,28,31,34,37,40,43-45,47,49-53,55,57-61,63,65-68H2,1-5H3,(H-,72,75,76,77)/b10-8-,16-14-,22-20-,27-26-,30-29-,33-32-,36-35-,39-38-,42-41-,48-46+,56-54+,64-62+. The van der Waals surface area contributed by atoms with Gasteiger partial charge in [-0.25, -0.2) is 0 Å². The topological polar surface area (TPSA) is 108 Å². The van der Waals surface area contributed by atoms with Gasteiger partial charge in [0.1, 0.15) is 13.2 Å². The van der Waals surface area contributed by atoms with Crippen LogP contribution in [0.4, 0.5) is 0 Å². The predicted molar refractivity (Wildman–Crippen MR) is 348 cm³/mol. The number of allylic oxidation sites excluding steroid dienone is 23. The van der Waals surface area contributed by atoms with Crippen LogP contribution in [0, 0.1) is 0 Å². The zero-order chi connectivity index (χ0) is 58.4. The Labute approximate surface area is 493 Å². The van der Waals surface area contributed by atoms with Gasteiger partial charge in [0.15, 0.2) is 0 Å². The summed E-state index contributed by atoms with van der Waals surface area (Å²) in [5.41, 5.74) is 0. The van der Waals surface area contributed by atoms with Crippen LogP contribution in [0.3, 0.4) is 0 Å². The van der Waals surface area contributed by atoms with Gasteiger partial charge in [-0.15, -0.1) is 0 Å². The molecule has 3 atom stereocenters. The fraction of sp³-hybridized carbons (Fsp3) is 0.648. The summed E-state index contributed by atoms with van der Waals surface area (Å²) >= 11 is 0. The Morgan fingerprint density at radius 1 is 0.450 bits per heavy atom. The van der Waals surface area contributed by atoms with E-state index in [1.165, 1.54) is 116 Å². The van der Waals surface area contributed by atoms with E-state index >= 15 is 0 Å². The summed E-state index contributed by atoms with van der Waals surface area (Å²) < 4.78 is 23.4. The molecule has 456 valence electrons. The molecule has 3 unspecified atom stereocenters. The maximum Gasteiger partial charge on any atom is 0.268 e. The maximum atomic E-state index is 13.0. The van der Waals surface area contributed by atoms with Gasteiger partial charge >= 0.3 is 0 Å². The Bertz CT molecular complexity index is 1810. The van der Waals surface area contributed by atoms with E-state index in [4.69, 9.17) is 9.05 Å². The van der Waals surface area contributed by atoms with Gasteiger partial charge in [0.25, 0.3) is 7.82 Å². The Balaban J connectivity index is 4.17. The van der Waals surface area contributed by atoms with Crippen LogP contribution < -0.4 is 10.2 Å². The minimum absolute atomic E-state index is 0.0161. The van der Waals surface area contributed by atoms with Crippen LogP contribution in [0.2, 0.25) is 0 Å². The van der Waals surface area contributed by atoms with Crippen LogP contribution in [-0.2, 0) is 18.4 Å². The summed E-state index contributed by atoms with van der Waals surface area (Å²) in [6.07, 6.45) is 92.3. The smallest absolute Gasteiger partial charge is 0.268 e. The lowest BCUT2D eigenvalue weighted by Gasteiger charge is -2.29. The number of quaternary nitrogens is 1. The van der Waals surface area contributed by atoms with Gasteiger partial charge in [-0.3, -0.25) is 9.36 Å². The summed E-state index contributed by atoms with van der Waals surface area (Å²) in [5, 5.41) is 13.9. The van der Waals surface area contributed by atoms with Crippen molar-refractivity contribution in [2.24, 2.45) is 0 Å². The molecule has 0 saturated carbocycles. The molecule has 9 heteroatoms. The van der Waals surface area contributed by atoms with Crippen molar-refractivity contribution in [3.8, 4) is 0 Å². The largest absolute Gasteiger partial charge is 0.756 e. The van der Waals surface area contributed by atoms with Crippen LogP contribution in [-0.4, -0.2) is 68.5 Å². The molecule has 0 aliphatic rings. The van der Waals surface area contributed by atoms with Gasteiger partial charge < -0.3 is 28.8 Å². The molecule has 1 amide bonds. The average molecular weight is 1130 g/mol. The first-order valence-corrected chi connectivity index (χ1v) is 33.7. The Hall–Kier alpha value is -3.62. The van der Waals surface area contributed by atoms with E-state index in [1.54, 1.807) is 6.08 Å². The highest BCUT2D eigenvalue weighted by molar-refractivity contribution is 7.45. The molecule has 0 aromatic carbocycles. The van der Waals surface area contributed by atoms with Gasteiger partial charge in [-0.1, -0.05) is 269 Å². The van der Waals surface area contributed by atoms with E-state index in [2.05, 4.69) is 153 Å². The first-order chi connectivity index (χ1) is 39.0. The van der Waals surface area contributed by atoms with E-state index in [1.807, 2.05) is 27.2 Å². The van der Waals surface area contributed by atoms with E-state index < -0.39 is 26.6 Å².